The molecule has 3 aromatic rings. The number of nitrogens with zero attached hydrogens (tertiary/aromatic N) is 6. The zero-order valence-electron chi connectivity index (χ0n) is 18.4. The zero-order valence-corrected chi connectivity index (χ0v) is 19.2. The molecule has 3 aliphatic rings. The molecule has 7 nitrogen and oxygen atoms in total. The van der Waals surface area contributed by atoms with Gasteiger partial charge in [-0.1, -0.05) is 18.2 Å². The topological polar surface area (TPSA) is 67.2 Å². The Morgan fingerprint density at radius 2 is 2.00 bits per heavy atom. The highest BCUT2D eigenvalue weighted by Crippen LogP contribution is 2.43. The Balaban J connectivity index is 1.37. The number of fused-ring (bicyclic) bond motifs is 3. The number of likely N-dealkylation sites (N-methyl/N-ethyl adjacent to an activating group) is 1. The standard InChI is InChI=1S/C24H26N6OS/c1-28(2)17-9-10-29(13-17)23(31)19-12-26-30(22(19)15-7-8-15)24-25-11-16-14-32-20-6-4-3-5-18(20)21(16)27-24/h3-6,11-12,15,17H,7-10,13-14H2,1-2H3/t17-/m1/s1. The van der Waals surface area contributed by atoms with Crippen LogP contribution in [-0.2, 0) is 5.75 Å². The zero-order chi connectivity index (χ0) is 21.8. The second-order valence-corrected chi connectivity index (χ2v) is 10.1. The van der Waals surface area contributed by atoms with E-state index < -0.39 is 0 Å². The third-order valence-electron chi connectivity index (χ3n) is 6.75. The van der Waals surface area contributed by atoms with E-state index in [4.69, 9.17) is 4.98 Å². The number of aromatic nitrogens is 4. The van der Waals surface area contributed by atoms with E-state index >= 15 is 0 Å². The van der Waals surface area contributed by atoms with E-state index in [-0.39, 0.29) is 5.91 Å². The molecule has 2 aliphatic heterocycles. The summed E-state index contributed by atoms with van der Waals surface area (Å²) in [5.74, 6) is 1.86. The van der Waals surface area contributed by atoms with Crippen molar-refractivity contribution < 1.29 is 4.79 Å². The lowest BCUT2D eigenvalue weighted by molar-refractivity contribution is 0.0782. The number of carbonyl (C=O) groups excluding carboxylic acids is 1. The summed E-state index contributed by atoms with van der Waals surface area (Å²) in [4.78, 5) is 28.4. The first-order valence-corrected chi connectivity index (χ1v) is 12.2. The van der Waals surface area contributed by atoms with Crippen LogP contribution in [0.3, 0.4) is 0 Å². The molecule has 1 aliphatic carbocycles. The molecule has 6 rings (SSSR count). The number of amides is 1. The second-order valence-electron chi connectivity index (χ2n) is 9.12. The summed E-state index contributed by atoms with van der Waals surface area (Å²) in [6.07, 6.45) is 6.82. The highest BCUT2D eigenvalue weighted by molar-refractivity contribution is 7.98. The Bertz CT molecular complexity index is 1200. The van der Waals surface area contributed by atoms with E-state index in [1.54, 1.807) is 6.20 Å². The molecular weight excluding hydrogens is 420 g/mol. The lowest BCUT2D eigenvalue weighted by atomic mass is 10.1. The minimum absolute atomic E-state index is 0.0854. The Morgan fingerprint density at radius 3 is 2.78 bits per heavy atom. The minimum atomic E-state index is 0.0854. The molecule has 0 radical (unpaired) electrons. The van der Waals surface area contributed by atoms with Crippen molar-refractivity contribution in [2.24, 2.45) is 0 Å². The maximum Gasteiger partial charge on any atom is 0.257 e. The summed E-state index contributed by atoms with van der Waals surface area (Å²) in [6, 6.07) is 8.79. The van der Waals surface area contributed by atoms with Crippen molar-refractivity contribution >= 4 is 17.7 Å². The van der Waals surface area contributed by atoms with Crippen molar-refractivity contribution in [1.82, 2.24) is 29.5 Å². The first kappa shape index (κ1) is 19.9. The van der Waals surface area contributed by atoms with Gasteiger partial charge in [0.1, 0.15) is 0 Å². The molecule has 32 heavy (non-hydrogen) atoms. The van der Waals surface area contributed by atoms with Gasteiger partial charge in [0, 0.05) is 53.0 Å². The summed E-state index contributed by atoms with van der Waals surface area (Å²) in [6.45, 7) is 1.56. The summed E-state index contributed by atoms with van der Waals surface area (Å²) in [5, 5.41) is 4.63. The smallest absolute Gasteiger partial charge is 0.257 e. The van der Waals surface area contributed by atoms with Crippen molar-refractivity contribution in [2.45, 2.75) is 41.9 Å². The molecule has 8 heteroatoms. The van der Waals surface area contributed by atoms with E-state index in [2.05, 4.69) is 47.3 Å². The van der Waals surface area contributed by atoms with Gasteiger partial charge < -0.3 is 9.80 Å². The highest BCUT2D eigenvalue weighted by Gasteiger charge is 2.37. The predicted octanol–water partition coefficient (Wildman–Crippen LogP) is 3.59. The van der Waals surface area contributed by atoms with Crippen LogP contribution >= 0.6 is 11.8 Å². The van der Waals surface area contributed by atoms with Gasteiger partial charge >= 0.3 is 0 Å². The van der Waals surface area contributed by atoms with Gasteiger partial charge in [-0.25, -0.2) is 14.6 Å². The number of likely N-dealkylation sites (tertiary alicyclic amines) is 1. The Morgan fingerprint density at radius 1 is 1.16 bits per heavy atom. The molecule has 0 N–H and O–H groups in total. The van der Waals surface area contributed by atoms with Crippen LogP contribution in [0, 0.1) is 0 Å². The SMILES string of the molecule is CN(C)[C@@H]1CCN(C(=O)c2cnn(-c3ncc4c(n3)-c3ccccc3SC4)c2C2CC2)C1. The average Bonchev–Trinajstić information content (AvgIpc) is 3.35. The highest BCUT2D eigenvalue weighted by atomic mass is 32.2. The fourth-order valence-corrected chi connectivity index (χ4v) is 5.75. The van der Waals surface area contributed by atoms with Crippen molar-refractivity contribution in [3.63, 3.8) is 0 Å². The normalized spacial score (nSPS) is 19.8. The molecule has 0 bridgehead atoms. The predicted molar refractivity (Wildman–Crippen MR) is 124 cm³/mol. The number of thioether (sulfide) groups is 1. The first-order valence-electron chi connectivity index (χ1n) is 11.2. The Labute approximate surface area is 191 Å². The third kappa shape index (κ3) is 3.33. The summed E-state index contributed by atoms with van der Waals surface area (Å²) < 4.78 is 1.81. The van der Waals surface area contributed by atoms with Gasteiger partial charge in [-0.2, -0.15) is 5.10 Å². The van der Waals surface area contributed by atoms with E-state index in [1.807, 2.05) is 33.6 Å². The molecule has 1 aromatic carbocycles. The molecule has 1 saturated heterocycles. The van der Waals surface area contributed by atoms with Gasteiger partial charge in [-0.3, -0.25) is 4.79 Å². The van der Waals surface area contributed by atoms with Gasteiger partial charge in [0.2, 0.25) is 0 Å². The largest absolute Gasteiger partial charge is 0.337 e. The molecule has 2 fully saturated rings. The number of benzene rings is 1. The fourth-order valence-electron chi connectivity index (χ4n) is 4.73. The molecular formula is C24H26N6OS. The summed E-state index contributed by atoms with van der Waals surface area (Å²) >= 11 is 1.82. The number of carbonyl (C=O) groups is 1. The molecule has 164 valence electrons. The van der Waals surface area contributed by atoms with Gasteiger partial charge in [-0.05, 0) is 39.4 Å². The monoisotopic (exact) mass is 446 g/mol. The second kappa shape index (κ2) is 7.71. The maximum absolute atomic E-state index is 13.4. The first-order chi connectivity index (χ1) is 15.6. The van der Waals surface area contributed by atoms with E-state index in [9.17, 15) is 4.79 Å². The van der Waals surface area contributed by atoms with Crippen LogP contribution < -0.4 is 0 Å². The van der Waals surface area contributed by atoms with Gasteiger partial charge in [0.25, 0.3) is 11.9 Å². The van der Waals surface area contributed by atoms with Crippen LogP contribution in [0.15, 0.2) is 41.6 Å². The quantitative estimate of drug-likeness (QED) is 0.610. The minimum Gasteiger partial charge on any atom is -0.337 e. The molecule has 0 spiro atoms. The Hall–Kier alpha value is -2.71. The van der Waals surface area contributed by atoms with E-state index in [0.717, 1.165) is 60.6 Å². The van der Waals surface area contributed by atoms with E-state index in [1.165, 1.54) is 4.90 Å². The van der Waals surface area contributed by atoms with Crippen LogP contribution in [0.4, 0.5) is 0 Å². The molecule has 2 aromatic heterocycles. The lowest BCUT2D eigenvalue weighted by Crippen LogP contribution is -2.34. The average molecular weight is 447 g/mol. The molecule has 1 saturated carbocycles. The lowest BCUT2D eigenvalue weighted by Gasteiger charge is -2.20. The maximum atomic E-state index is 13.4. The van der Waals surface area contributed by atoms with Crippen molar-refractivity contribution in [2.75, 3.05) is 27.2 Å². The van der Waals surface area contributed by atoms with Crippen LogP contribution in [0.5, 0.6) is 0 Å². The summed E-state index contributed by atoms with van der Waals surface area (Å²) in [7, 11) is 4.16. The number of hydrogen-bond acceptors (Lipinski definition) is 6. The molecule has 1 atom stereocenters. The van der Waals surface area contributed by atoms with Crippen LogP contribution in [0.1, 0.15) is 46.8 Å². The number of hydrogen-bond donors (Lipinski definition) is 0. The summed E-state index contributed by atoms with van der Waals surface area (Å²) in [5.41, 5.74) is 4.94. The molecule has 0 unspecified atom stereocenters. The third-order valence-corrected chi connectivity index (χ3v) is 7.87. The molecule has 1 amide bonds. The van der Waals surface area contributed by atoms with Gasteiger partial charge in [0.15, 0.2) is 0 Å². The molecule has 4 heterocycles. The fraction of sp³-hybridized carbons (Fsp3) is 0.417. The van der Waals surface area contributed by atoms with Crippen molar-refractivity contribution in [3.05, 3.63) is 53.5 Å². The van der Waals surface area contributed by atoms with Gasteiger partial charge in [0.05, 0.1) is 23.1 Å². The van der Waals surface area contributed by atoms with Gasteiger partial charge in [-0.15, -0.1) is 11.8 Å². The van der Waals surface area contributed by atoms with Crippen molar-refractivity contribution in [3.8, 4) is 17.2 Å². The van der Waals surface area contributed by atoms with Crippen LogP contribution in [0.25, 0.3) is 17.2 Å². The van der Waals surface area contributed by atoms with Crippen molar-refractivity contribution in [1.29, 1.82) is 0 Å². The van der Waals surface area contributed by atoms with E-state index in [0.29, 0.717) is 23.5 Å². The van der Waals surface area contributed by atoms with Crippen LogP contribution in [0.2, 0.25) is 0 Å². The Kier molecular flexibility index (Phi) is 4.80. The van der Waals surface area contributed by atoms with Crippen LogP contribution in [-0.4, -0.2) is 68.7 Å². The number of rotatable bonds is 4.